The molecule has 1 aliphatic carbocycles. The number of carbonyl (C=O) groups is 1. The van der Waals surface area contributed by atoms with E-state index in [1.165, 1.54) is 0 Å². The van der Waals surface area contributed by atoms with Crippen LogP contribution >= 0.6 is 0 Å². The van der Waals surface area contributed by atoms with Crippen molar-refractivity contribution in [2.75, 3.05) is 6.61 Å². The Labute approximate surface area is 162 Å². The third-order valence-corrected chi connectivity index (χ3v) is 5.56. The standard InChI is InChI=1S/C22H32O5/c1-8-25-18(23)21-10-9-11-22(21,24)27-17-15(20(5,6)7)12-14(19(2,3)4)13-16(17)26-21/h12-13,24H,8-11H2,1-7H3/t21-,22-/m0/s1. The quantitative estimate of drug-likeness (QED) is 0.783. The largest absolute Gasteiger partial charge is 0.465 e. The van der Waals surface area contributed by atoms with Gasteiger partial charge in [-0.25, -0.2) is 4.79 Å². The lowest BCUT2D eigenvalue weighted by molar-refractivity contribution is -0.250. The molecule has 0 aromatic heterocycles. The topological polar surface area (TPSA) is 65.0 Å². The zero-order chi connectivity index (χ0) is 20.3. The summed E-state index contributed by atoms with van der Waals surface area (Å²) >= 11 is 0. The molecule has 0 saturated heterocycles. The lowest BCUT2D eigenvalue weighted by Gasteiger charge is -2.45. The molecule has 1 N–H and O–H groups in total. The summed E-state index contributed by atoms with van der Waals surface area (Å²) < 4.78 is 17.7. The van der Waals surface area contributed by atoms with Crippen LogP contribution in [0.15, 0.2) is 12.1 Å². The Kier molecular flexibility index (Phi) is 4.54. The highest BCUT2D eigenvalue weighted by molar-refractivity contribution is 5.83. The van der Waals surface area contributed by atoms with Gasteiger partial charge in [-0.05, 0) is 35.8 Å². The van der Waals surface area contributed by atoms with E-state index in [0.29, 0.717) is 30.8 Å². The average molecular weight is 376 g/mol. The predicted molar refractivity (Wildman–Crippen MR) is 103 cm³/mol. The van der Waals surface area contributed by atoms with Crippen molar-refractivity contribution in [1.82, 2.24) is 0 Å². The van der Waals surface area contributed by atoms with Gasteiger partial charge in [-0.15, -0.1) is 0 Å². The van der Waals surface area contributed by atoms with E-state index < -0.39 is 17.4 Å². The molecule has 150 valence electrons. The van der Waals surface area contributed by atoms with Crippen LogP contribution in [0.4, 0.5) is 0 Å². The van der Waals surface area contributed by atoms with Crippen LogP contribution in [-0.2, 0) is 20.4 Å². The second kappa shape index (κ2) is 6.13. The van der Waals surface area contributed by atoms with E-state index in [2.05, 4.69) is 47.6 Å². The van der Waals surface area contributed by atoms with E-state index in [4.69, 9.17) is 14.2 Å². The first-order valence-electron chi connectivity index (χ1n) is 9.81. The fourth-order valence-corrected chi connectivity index (χ4v) is 3.92. The molecule has 0 radical (unpaired) electrons. The van der Waals surface area contributed by atoms with Gasteiger partial charge < -0.3 is 19.3 Å². The first-order valence-corrected chi connectivity index (χ1v) is 9.81. The molecule has 1 aliphatic heterocycles. The maximum atomic E-state index is 12.8. The van der Waals surface area contributed by atoms with Crippen molar-refractivity contribution >= 4 is 5.97 Å². The number of aliphatic hydroxyl groups is 1. The molecule has 1 aromatic carbocycles. The summed E-state index contributed by atoms with van der Waals surface area (Å²) in [4.78, 5) is 12.8. The Bertz CT molecular complexity index is 755. The van der Waals surface area contributed by atoms with Gasteiger partial charge in [-0.3, -0.25) is 0 Å². The highest BCUT2D eigenvalue weighted by atomic mass is 16.7. The third-order valence-electron chi connectivity index (χ3n) is 5.56. The predicted octanol–water partition coefficient (Wildman–Crippen LogP) is 4.23. The van der Waals surface area contributed by atoms with Crippen molar-refractivity contribution in [3.63, 3.8) is 0 Å². The maximum absolute atomic E-state index is 12.8. The molecular weight excluding hydrogens is 344 g/mol. The van der Waals surface area contributed by atoms with Crippen molar-refractivity contribution in [2.24, 2.45) is 0 Å². The minimum absolute atomic E-state index is 0.0983. The Morgan fingerprint density at radius 1 is 1.11 bits per heavy atom. The van der Waals surface area contributed by atoms with Crippen LogP contribution in [0.3, 0.4) is 0 Å². The van der Waals surface area contributed by atoms with Gasteiger partial charge in [0.1, 0.15) is 0 Å². The van der Waals surface area contributed by atoms with E-state index in [0.717, 1.165) is 11.1 Å². The molecule has 5 nitrogen and oxygen atoms in total. The van der Waals surface area contributed by atoms with E-state index in [1.807, 2.05) is 6.07 Å². The molecule has 5 heteroatoms. The van der Waals surface area contributed by atoms with Gasteiger partial charge in [0.25, 0.3) is 11.4 Å². The summed E-state index contributed by atoms with van der Waals surface area (Å²) in [5.74, 6) is -1.24. The van der Waals surface area contributed by atoms with Gasteiger partial charge in [-0.1, -0.05) is 47.6 Å². The molecule has 27 heavy (non-hydrogen) atoms. The number of hydrogen-bond acceptors (Lipinski definition) is 5. The molecule has 1 aromatic rings. The molecule has 2 atom stereocenters. The first-order chi connectivity index (χ1) is 12.3. The molecule has 1 heterocycles. The van der Waals surface area contributed by atoms with Crippen molar-refractivity contribution in [2.45, 2.75) is 89.9 Å². The number of fused-ring (bicyclic) bond motifs is 2. The molecule has 3 rings (SSSR count). The van der Waals surface area contributed by atoms with Crippen molar-refractivity contribution in [1.29, 1.82) is 0 Å². The number of rotatable bonds is 2. The third kappa shape index (κ3) is 3.10. The number of esters is 1. The first kappa shape index (κ1) is 20.0. The highest BCUT2D eigenvalue weighted by Gasteiger charge is 2.67. The Morgan fingerprint density at radius 3 is 2.33 bits per heavy atom. The second-order valence-electron chi connectivity index (χ2n) is 9.74. The van der Waals surface area contributed by atoms with Crippen LogP contribution in [0.2, 0.25) is 0 Å². The van der Waals surface area contributed by atoms with E-state index in [9.17, 15) is 9.90 Å². The van der Waals surface area contributed by atoms with Gasteiger partial charge in [0.15, 0.2) is 11.5 Å². The lowest BCUT2D eigenvalue weighted by atomic mass is 9.79. The Hall–Kier alpha value is -1.75. The summed E-state index contributed by atoms with van der Waals surface area (Å²) in [5, 5.41) is 11.3. The van der Waals surface area contributed by atoms with Crippen LogP contribution < -0.4 is 9.47 Å². The average Bonchev–Trinajstić information content (AvgIpc) is 2.86. The van der Waals surface area contributed by atoms with E-state index in [-0.39, 0.29) is 17.4 Å². The van der Waals surface area contributed by atoms with E-state index >= 15 is 0 Å². The molecule has 0 unspecified atom stereocenters. The van der Waals surface area contributed by atoms with Gasteiger partial charge >= 0.3 is 5.97 Å². The van der Waals surface area contributed by atoms with Gasteiger partial charge in [-0.2, -0.15) is 0 Å². The minimum Gasteiger partial charge on any atom is -0.465 e. The smallest absolute Gasteiger partial charge is 0.357 e. The second-order valence-corrected chi connectivity index (χ2v) is 9.74. The van der Waals surface area contributed by atoms with E-state index in [1.54, 1.807) is 6.92 Å². The number of hydrogen-bond donors (Lipinski definition) is 1. The van der Waals surface area contributed by atoms with Crippen molar-refractivity contribution in [3.8, 4) is 11.5 Å². The highest BCUT2D eigenvalue weighted by Crippen LogP contribution is 2.54. The Morgan fingerprint density at radius 2 is 1.78 bits per heavy atom. The van der Waals surface area contributed by atoms with Crippen molar-refractivity contribution in [3.05, 3.63) is 23.3 Å². The maximum Gasteiger partial charge on any atom is 0.357 e. The number of carbonyl (C=O) groups excluding carboxylic acids is 1. The summed E-state index contributed by atoms with van der Waals surface area (Å²) in [6.45, 7) is 14.7. The molecular formula is C22H32O5. The van der Waals surface area contributed by atoms with Crippen LogP contribution in [0.25, 0.3) is 0 Å². The zero-order valence-electron chi connectivity index (χ0n) is 17.6. The van der Waals surface area contributed by atoms with Crippen LogP contribution in [0.1, 0.15) is 78.9 Å². The summed E-state index contributed by atoms with van der Waals surface area (Å²) in [5.41, 5.74) is 0.230. The summed E-state index contributed by atoms with van der Waals surface area (Å²) in [6.07, 6.45) is 1.32. The molecule has 0 amide bonds. The molecule has 0 bridgehead atoms. The van der Waals surface area contributed by atoms with Crippen LogP contribution in [0, 0.1) is 0 Å². The number of benzene rings is 1. The summed E-state index contributed by atoms with van der Waals surface area (Å²) in [6, 6.07) is 4.06. The van der Waals surface area contributed by atoms with Crippen LogP contribution in [0.5, 0.6) is 11.5 Å². The Balaban J connectivity index is 2.21. The molecule has 2 aliphatic rings. The van der Waals surface area contributed by atoms with Gasteiger partial charge in [0.05, 0.1) is 6.61 Å². The lowest BCUT2D eigenvalue weighted by Crippen LogP contribution is -2.65. The SMILES string of the molecule is CCOC(=O)[C@@]12CCC[C@]1(O)Oc1c(cc(C(C)(C)C)cc1C(C)(C)C)O2. The van der Waals surface area contributed by atoms with Crippen molar-refractivity contribution < 1.29 is 24.1 Å². The van der Waals surface area contributed by atoms with Gasteiger partial charge in [0.2, 0.25) is 0 Å². The molecule has 0 spiro atoms. The normalized spacial score (nSPS) is 27.3. The minimum atomic E-state index is -1.71. The molecule has 1 saturated carbocycles. The zero-order valence-corrected chi connectivity index (χ0v) is 17.6. The van der Waals surface area contributed by atoms with Crippen LogP contribution in [-0.4, -0.2) is 29.1 Å². The summed E-state index contributed by atoms with van der Waals surface area (Å²) in [7, 11) is 0. The fourth-order valence-electron chi connectivity index (χ4n) is 3.92. The monoisotopic (exact) mass is 376 g/mol. The number of ether oxygens (including phenoxy) is 3. The fraction of sp³-hybridized carbons (Fsp3) is 0.682. The van der Waals surface area contributed by atoms with Gasteiger partial charge in [0, 0.05) is 18.4 Å². The molecule has 1 fully saturated rings.